The summed E-state index contributed by atoms with van der Waals surface area (Å²) >= 11 is 0. The van der Waals surface area contributed by atoms with Gasteiger partial charge in [-0.25, -0.2) is 4.39 Å². The largest absolute Gasteiger partial charge is 0.473 e. The van der Waals surface area contributed by atoms with Crippen LogP contribution in [0.3, 0.4) is 0 Å². The first-order valence-electron chi connectivity index (χ1n) is 10.3. The topological polar surface area (TPSA) is 89.2 Å². The van der Waals surface area contributed by atoms with Crippen molar-refractivity contribution in [3.05, 3.63) is 41.7 Å². The van der Waals surface area contributed by atoms with Gasteiger partial charge in [0.15, 0.2) is 17.6 Å². The number of likely N-dealkylation sites (N-methyl/N-ethyl adjacent to an activating group) is 1. The number of ether oxygens (including phenoxy) is 2. The molecule has 1 atom stereocenters. The van der Waals surface area contributed by atoms with Crippen LogP contribution in [0.2, 0.25) is 0 Å². The molecule has 9 nitrogen and oxygen atoms in total. The van der Waals surface area contributed by atoms with Gasteiger partial charge in [-0.15, -0.1) is 15.3 Å². The van der Waals surface area contributed by atoms with Crippen molar-refractivity contribution in [1.29, 1.82) is 0 Å². The zero-order chi connectivity index (χ0) is 21.4. The Morgan fingerprint density at radius 2 is 2.06 bits per heavy atom. The Hall–Kier alpha value is -3.11. The molecule has 0 bridgehead atoms. The third kappa shape index (κ3) is 3.61. The number of fused-ring (bicyclic) bond motifs is 1. The Balaban J connectivity index is 1.59. The molecule has 4 heterocycles. The van der Waals surface area contributed by atoms with Gasteiger partial charge in [0.25, 0.3) is 0 Å². The molecule has 10 heteroatoms. The first-order valence-corrected chi connectivity index (χ1v) is 10.3. The van der Waals surface area contributed by atoms with Crippen LogP contribution in [0.4, 0.5) is 4.39 Å². The minimum Gasteiger partial charge on any atom is -0.473 e. The minimum atomic E-state index is -0.380. The molecular formula is C21H24FN7O2. The third-order valence-electron chi connectivity index (χ3n) is 6.04. The van der Waals surface area contributed by atoms with Crippen molar-refractivity contribution in [1.82, 2.24) is 30.2 Å². The fourth-order valence-corrected chi connectivity index (χ4v) is 3.96. The predicted octanol–water partition coefficient (Wildman–Crippen LogP) is 2.18. The number of aliphatic imine (C=N–C) groups is 1. The lowest BCUT2D eigenvalue weighted by atomic mass is 9.76. The van der Waals surface area contributed by atoms with Gasteiger partial charge in [-0.3, -0.25) is 4.99 Å². The van der Waals surface area contributed by atoms with E-state index in [2.05, 4.69) is 27.5 Å². The maximum atomic E-state index is 14.4. The molecule has 1 unspecified atom stereocenters. The third-order valence-corrected chi connectivity index (χ3v) is 6.04. The quantitative estimate of drug-likeness (QED) is 0.670. The minimum absolute atomic E-state index is 0.167. The SMILES string of the molecule is CN1NC=NC1COc1nn2c(-c3ccccc3F)nnc2cc1C1(C)CCOCC1. The van der Waals surface area contributed by atoms with Crippen LogP contribution >= 0.6 is 0 Å². The second kappa shape index (κ2) is 7.86. The van der Waals surface area contributed by atoms with Crippen LogP contribution in [-0.2, 0) is 10.2 Å². The standard InChI is InChI=1S/C21H24FN7O2/c1-21(7-9-30-10-8-21)15-11-17-25-26-19(14-5-3-4-6-16(14)22)29(17)27-20(15)31-12-18-23-13-24-28(18)2/h3-6,11,13,18H,7-10,12H2,1-2H3,(H,23,24). The average molecular weight is 425 g/mol. The van der Waals surface area contributed by atoms with Gasteiger partial charge in [-0.1, -0.05) is 19.1 Å². The summed E-state index contributed by atoms with van der Waals surface area (Å²) < 4.78 is 27.7. The number of hydrogen-bond acceptors (Lipinski definition) is 8. The number of aromatic nitrogens is 4. The molecule has 1 fully saturated rings. The number of nitrogens with zero attached hydrogens (tertiary/aromatic N) is 6. The van der Waals surface area contributed by atoms with Crippen molar-refractivity contribution < 1.29 is 13.9 Å². The van der Waals surface area contributed by atoms with Crippen LogP contribution in [-0.4, -0.2) is 64.2 Å². The van der Waals surface area contributed by atoms with Gasteiger partial charge in [0.05, 0.1) is 11.9 Å². The Morgan fingerprint density at radius 1 is 1.26 bits per heavy atom. The molecular weight excluding hydrogens is 401 g/mol. The van der Waals surface area contributed by atoms with Crippen molar-refractivity contribution in [2.24, 2.45) is 4.99 Å². The summed E-state index contributed by atoms with van der Waals surface area (Å²) in [4.78, 5) is 4.36. The van der Waals surface area contributed by atoms with Gasteiger partial charge in [-0.05, 0) is 31.0 Å². The Labute approximate surface area is 178 Å². The fourth-order valence-electron chi connectivity index (χ4n) is 3.96. The van der Waals surface area contributed by atoms with Crippen molar-refractivity contribution in [2.75, 3.05) is 26.9 Å². The first kappa shape index (κ1) is 19.8. The molecule has 2 aromatic heterocycles. The number of hydrazine groups is 1. The lowest BCUT2D eigenvalue weighted by Gasteiger charge is -2.34. The van der Waals surface area contributed by atoms with Crippen molar-refractivity contribution in [3.63, 3.8) is 0 Å². The van der Waals surface area contributed by atoms with Gasteiger partial charge in [-0.2, -0.15) is 9.52 Å². The zero-order valence-corrected chi connectivity index (χ0v) is 17.5. The van der Waals surface area contributed by atoms with Crippen LogP contribution < -0.4 is 10.2 Å². The Bertz CT molecular complexity index is 1130. The molecule has 1 aromatic carbocycles. The summed E-state index contributed by atoms with van der Waals surface area (Å²) in [5, 5.41) is 15.1. The Morgan fingerprint density at radius 3 is 2.81 bits per heavy atom. The summed E-state index contributed by atoms with van der Waals surface area (Å²) in [7, 11) is 1.90. The molecule has 2 aliphatic heterocycles. The summed E-state index contributed by atoms with van der Waals surface area (Å²) in [5.74, 6) is 0.429. The average Bonchev–Trinajstić information content (AvgIpc) is 3.38. The van der Waals surface area contributed by atoms with E-state index in [1.54, 1.807) is 29.1 Å². The van der Waals surface area contributed by atoms with Crippen molar-refractivity contribution >= 4 is 12.0 Å². The highest BCUT2D eigenvalue weighted by Crippen LogP contribution is 2.39. The molecule has 0 spiro atoms. The normalized spacial score (nSPS) is 20.8. The van der Waals surface area contributed by atoms with Gasteiger partial charge < -0.3 is 14.9 Å². The van der Waals surface area contributed by atoms with Crippen LogP contribution in [0.15, 0.2) is 35.3 Å². The number of nitrogens with one attached hydrogen (secondary N) is 1. The lowest BCUT2D eigenvalue weighted by Crippen LogP contribution is -2.38. The highest BCUT2D eigenvalue weighted by Gasteiger charge is 2.34. The first-order chi connectivity index (χ1) is 15.0. The molecule has 1 saturated heterocycles. The van der Waals surface area contributed by atoms with Crippen LogP contribution in [0, 0.1) is 5.82 Å². The second-order valence-corrected chi connectivity index (χ2v) is 8.12. The van der Waals surface area contributed by atoms with Gasteiger partial charge in [0.2, 0.25) is 5.88 Å². The van der Waals surface area contributed by atoms with Gasteiger partial charge >= 0.3 is 0 Å². The smallest absolute Gasteiger partial charge is 0.235 e. The van der Waals surface area contributed by atoms with E-state index in [4.69, 9.17) is 14.6 Å². The maximum absolute atomic E-state index is 14.4. The lowest BCUT2D eigenvalue weighted by molar-refractivity contribution is 0.0546. The number of rotatable bonds is 5. The predicted molar refractivity (Wildman–Crippen MR) is 112 cm³/mol. The highest BCUT2D eigenvalue weighted by atomic mass is 19.1. The van der Waals surface area contributed by atoms with E-state index in [1.807, 2.05) is 18.1 Å². The Kier molecular flexibility index (Phi) is 5.03. The van der Waals surface area contributed by atoms with E-state index in [0.717, 1.165) is 18.4 Å². The van der Waals surface area contributed by atoms with Crippen LogP contribution in [0.5, 0.6) is 5.88 Å². The van der Waals surface area contributed by atoms with Gasteiger partial charge in [0.1, 0.15) is 12.4 Å². The number of halogens is 1. The monoisotopic (exact) mass is 425 g/mol. The van der Waals surface area contributed by atoms with Crippen LogP contribution in [0.1, 0.15) is 25.3 Å². The molecule has 3 aromatic rings. The molecule has 0 amide bonds. The summed E-state index contributed by atoms with van der Waals surface area (Å²) in [5.41, 5.74) is 4.68. The number of hydrogen-bond donors (Lipinski definition) is 1. The fraction of sp³-hybridized carbons (Fsp3) is 0.429. The molecule has 2 aliphatic rings. The van der Waals surface area contributed by atoms with E-state index < -0.39 is 0 Å². The molecule has 5 rings (SSSR count). The molecule has 0 aliphatic carbocycles. The summed E-state index contributed by atoms with van der Waals surface area (Å²) in [6.07, 6.45) is 3.17. The second-order valence-electron chi connectivity index (χ2n) is 8.12. The van der Waals surface area contributed by atoms with E-state index in [1.165, 1.54) is 6.07 Å². The van der Waals surface area contributed by atoms with E-state index in [0.29, 0.717) is 42.7 Å². The number of benzene rings is 1. The van der Waals surface area contributed by atoms with E-state index in [-0.39, 0.29) is 17.4 Å². The van der Waals surface area contributed by atoms with E-state index in [9.17, 15) is 4.39 Å². The van der Waals surface area contributed by atoms with Gasteiger partial charge in [0, 0.05) is 31.2 Å². The molecule has 0 saturated carbocycles. The van der Waals surface area contributed by atoms with Crippen LogP contribution in [0.25, 0.3) is 17.0 Å². The molecule has 162 valence electrons. The summed E-state index contributed by atoms with van der Waals surface area (Å²) in [6, 6.07) is 8.41. The van der Waals surface area contributed by atoms with Crippen molar-refractivity contribution in [3.8, 4) is 17.3 Å². The van der Waals surface area contributed by atoms with Crippen molar-refractivity contribution in [2.45, 2.75) is 31.3 Å². The summed E-state index contributed by atoms with van der Waals surface area (Å²) in [6.45, 7) is 3.85. The molecule has 31 heavy (non-hydrogen) atoms. The molecule has 1 N–H and O–H groups in total. The highest BCUT2D eigenvalue weighted by molar-refractivity contribution is 5.60. The maximum Gasteiger partial charge on any atom is 0.235 e. The van der Waals surface area contributed by atoms with E-state index >= 15 is 0 Å². The molecule has 0 radical (unpaired) electrons. The zero-order valence-electron chi connectivity index (χ0n) is 17.5.